The minimum absolute atomic E-state index is 0.562. The lowest BCUT2D eigenvalue weighted by atomic mass is 10.4. The van der Waals surface area contributed by atoms with Crippen LogP contribution < -0.4 is 10.2 Å². The third-order valence-corrected chi connectivity index (χ3v) is 3.48. The molecule has 2 heterocycles. The molecule has 0 bridgehead atoms. The minimum Gasteiger partial charge on any atom is -0.354 e. The Morgan fingerprint density at radius 2 is 2.10 bits per heavy atom. The van der Waals surface area contributed by atoms with E-state index in [0.717, 1.165) is 17.8 Å². The highest BCUT2D eigenvalue weighted by Crippen LogP contribution is 2.26. The molecule has 0 saturated heterocycles. The van der Waals surface area contributed by atoms with Crippen LogP contribution in [-0.2, 0) is 0 Å². The number of rotatable bonds is 5. The van der Waals surface area contributed by atoms with Crippen molar-refractivity contribution in [2.45, 2.75) is 13.3 Å². The van der Waals surface area contributed by atoms with Crippen molar-refractivity contribution in [3.63, 3.8) is 0 Å². The zero-order chi connectivity index (χ0) is 14.5. The summed E-state index contributed by atoms with van der Waals surface area (Å²) in [6, 6.07) is 5.76. The molecule has 0 atom stereocenters. The second-order valence-electron chi connectivity index (χ2n) is 4.38. The van der Waals surface area contributed by atoms with Crippen molar-refractivity contribution in [1.82, 2.24) is 15.0 Å². The van der Waals surface area contributed by atoms with Gasteiger partial charge in [0.05, 0.1) is 4.88 Å². The van der Waals surface area contributed by atoms with Crippen LogP contribution in [0.1, 0.15) is 18.2 Å². The summed E-state index contributed by atoms with van der Waals surface area (Å²) in [5.74, 6) is 1.75. The molecule has 0 radical (unpaired) electrons. The first-order valence-corrected chi connectivity index (χ1v) is 7.13. The largest absolute Gasteiger partial charge is 0.354 e. The van der Waals surface area contributed by atoms with E-state index in [1.807, 2.05) is 25.1 Å². The van der Waals surface area contributed by atoms with Gasteiger partial charge >= 0.3 is 0 Å². The highest BCUT2D eigenvalue weighted by Gasteiger charge is 2.11. The molecule has 2 rings (SSSR count). The van der Waals surface area contributed by atoms with Gasteiger partial charge in [-0.2, -0.15) is 20.2 Å². The summed E-state index contributed by atoms with van der Waals surface area (Å²) in [6.07, 6.45) is 0.996. The van der Waals surface area contributed by atoms with Crippen LogP contribution >= 0.6 is 11.3 Å². The predicted molar refractivity (Wildman–Crippen MR) is 81.0 cm³/mol. The van der Waals surface area contributed by atoms with E-state index in [0.29, 0.717) is 22.6 Å². The summed E-state index contributed by atoms with van der Waals surface area (Å²) in [7, 11) is 3.77. The van der Waals surface area contributed by atoms with Crippen molar-refractivity contribution in [2.75, 3.05) is 30.9 Å². The molecular formula is C13H16N6S. The number of anilines is 2. The molecule has 0 saturated carbocycles. The van der Waals surface area contributed by atoms with Crippen molar-refractivity contribution >= 4 is 23.2 Å². The third-order valence-electron chi connectivity index (χ3n) is 2.49. The van der Waals surface area contributed by atoms with Crippen molar-refractivity contribution in [3.8, 4) is 16.8 Å². The second-order valence-corrected chi connectivity index (χ2v) is 5.46. The van der Waals surface area contributed by atoms with Crippen LogP contribution in [0, 0.1) is 11.3 Å². The van der Waals surface area contributed by atoms with Crippen LogP contribution in [-0.4, -0.2) is 35.6 Å². The summed E-state index contributed by atoms with van der Waals surface area (Å²) in [6.45, 7) is 2.89. The van der Waals surface area contributed by atoms with E-state index < -0.39 is 0 Å². The molecule has 0 aromatic carbocycles. The fourth-order valence-electron chi connectivity index (χ4n) is 1.51. The Morgan fingerprint density at radius 3 is 2.70 bits per heavy atom. The molecule has 0 unspecified atom stereocenters. The monoisotopic (exact) mass is 288 g/mol. The average Bonchev–Trinajstić information content (AvgIpc) is 2.93. The van der Waals surface area contributed by atoms with Crippen LogP contribution in [0.15, 0.2) is 12.1 Å². The molecule has 0 aliphatic rings. The van der Waals surface area contributed by atoms with Crippen LogP contribution in [0.2, 0.25) is 0 Å². The second kappa shape index (κ2) is 6.30. The lowest BCUT2D eigenvalue weighted by Crippen LogP contribution is -2.16. The Bertz CT molecular complexity index is 628. The standard InChI is InChI=1S/C13H16N6S/c1-4-7-15-12-16-11(17-13(18-12)19(2)3)10-6-5-9(8-14)20-10/h5-6H,4,7H2,1-3H3,(H,15,16,17,18). The lowest BCUT2D eigenvalue weighted by Gasteiger charge is -2.12. The smallest absolute Gasteiger partial charge is 0.230 e. The fraction of sp³-hybridized carbons (Fsp3) is 0.385. The van der Waals surface area contributed by atoms with Gasteiger partial charge in [-0.3, -0.25) is 0 Å². The minimum atomic E-state index is 0.562. The van der Waals surface area contributed by atoms with E-state index in [4.69, 9.17) is 5.26 Å². The van der Waals surface area contributed by atoms with Gasteiger partial charge in [-0.05, 0) is 18.6 Å². The van der Waals surface area contributed by atoms with Gasteiger partial charge in [0.1, 0.15) is 10.9 Å². The van der Waals surface area contributed by atoms with Gasteiger partial charge in [-0.15, -0.1) is 11.3 Å². The maximum absolute atomic E-state index is 8.90. The number of nitrogens with one attached hydrogen (secondary N) is 1. The summed E-state index contributed by atoms with van der Waals surface area (Å²) in [5.41, 5.74) is 0. The average molecular weight is 288 g/mol. The SMILES string of the molecule is CCCNc1nc(-c2ccc(C#N)s2)nc(N(C)C)n1. The van der Waals surface area contributed by atoms with Gasteiger partial charge in [-0.1, -0.05) is 6.92 Å². The summed E-state index contributed by atoms with van der Waals surface area (Å²) in [4.78, 5) is 16.5. The van der Waals surface area contributed by atoms with Gasteiger partial charge in [0.2, 0.25) is 11.9 Å². The van der Waals surface area contributed by atoms with Crippen molar-refractivity contribution in [1.29, 1.82) is 5.26 Å². The van der Waals surface area contributed by atoms with Gasteiger partial charge in [-0.25, -0.2) is 0 Å². The quantitative estimate of drug-likeness (QED) is 0.910. The van der Waals surface area contributed by atoms with Gasteiger partial charge < -0.3 is 10.2 Å². The summed E-state index contributed by atoms with van der Waals surface area (Å²) < 4.78 is 0. The molecular weight excluding hydrogens is 272 g/mol. The van der Waals surface area contributed by atoms with Crippen LogP contribution in [0.3, 0.4) is 0 Å². The normalized spacial score (nSPS) is 10.1. The first-order chi connectivity index (χ1) is 9.63. The number of hydrogen-bond acceptors (Lipinski definition) is 7. The van der Waals surface area contributed by atoms with Gasteiger partial charge in [0.15, 0.2) is 5.82 Å². The van der Waals surface area contributed by atoms with Crippen molar-refractivity contribution < 1.29 is 0 Å². The lowest BCUT2D eigenvalue weighted by molar-refractivity contribution is 0.921. The van der Waals surface area contributed by atoms with E-state index >= 15 is 0 Å². The fourth-order valence-corrected chi connectivity index (χ4v) is 2.25. The topological polar surface area (TPSA) is 77.7 Å². The van der Waals surface area contributed by atoms with E-state index in [2.05, 4.69) is 33.3 Å². The number of hydrogen-bond donors (Lipinski definition) is 1. The Morgan fingerprint density at radius 1 is 1.30 bits per heavy atom. The van der Waals surface area contributed by atoms with E-state index in [9.17, 15) is 0 Å². The van der Waals surface area contributed by atoms with Gasteiger partial charge in [0, 0.05) is 20.6 Å². The molecule has 7 heteroatoms. The first-order valence-electron chi connectivity index (χ1n) is 6.31. The molecule has 0 aliphatic heterocycles. The molecule has 0 fully saturated rings. The van der Waals surface area contributed by atoms with Crippen LogP contribution in [0.4, 0.5) is 11.9 Å². The Balaban J connectivity index is 2.40. The maximum atomic E-state index is 8.90. The Kier molecular flexibility index (Phi) is 4.48. The molecule has 20 heavy (non-hydrogen) atoms. The number of aromatic nitrogens is 3. The van der Waals surface area contributed by atoms with Crippen molar-refractivity contribution in [2.24, 2.45) is 0 Å². The predicted octanol–water partition coefficient (Wildman–Crippen LogP) is 2.36. The number of nitriles is 1. The van der Waals surface area contributed by atoms with E-state index in [1.165, 1.54) is 11.3 Å². The summed E-state index contributed by atoms with van der Waals surface area (Å²) in [5, 5.41) is 12.1. The maximum Gasteiger partial charge on any atom is 0.230 e. The van der Waals surface area contributed by atoms with Gasteiger partial charge in [0.25, 0.3) is 0 Å². The van der Waals surface area contributed by atoms with Crippen LogP contribution in [0.25, 0.3) is 10.7 Å². The zero-order valence-corrected chi connectivity index (χ0v) is 12.5. The molecule has 6 nitrogen and oxygen atoms in total. The molecule has 0 aliphatic carbocycles. The first kappa shape index (κ1) is 14.2. The molecule has 2 aromatic rings. The Labute approximate surface area is 122 Å². The molecule has 0 spiro atoms. The number of nitrogens with zero attached hydrogens (tertiary/aromatic N) is 5. The molecule has 0 amide bonds. The molecule has 2 aromatic heterocycles. The van der Waals surface area contributed by atoms with E-state index in [1.54, 1.807) is 6.07 Å². The third kappa shape index (κ3) is 3.22. The zero-order valence-electron chi connectivity index (χ0n) is 11.7. The number of thiophene rings is 1. The highest BCUT2D eigenvalue weighted by molar-refractivity contribution is 7.15. The van der Waals surface area contributed by atoms with E-state index in [-0.39, 0.29) is 0 Å². The highest BCUT2D eigenvalue weighted by atomic mass is 32.1. The van der Waals surface area contributed by atoms with Crippen molar-refractivity contribution in [3.05, 3.63) is 17.0 Å². The Hall–Kier alpha value is -2.20. The molecule has 104 valence electrons. The summed E-state index contributed by atoms with van der Waals surface area (Å²) >= 11 is 1.38. The molecule has 1 N–H and O–H groups in total. The van der Waals surface area contributed by atoms with Crippen LogP contribution in [0.5, 0.6) is 0 Å².